The Kier molecular flexibility index (Phi) is 2.03. The van der Waals surface area contributed by atoms with E-state index in [4.69, 9.17) is 0 Å². The van der Waals surface area contributed by atoms with Gasteiger partial charge in [-0.15, -0.1) is 5.10 Å². The highest BCUT2D eigenvalue weighted by molar-refractivity contribution is 5.73. The van der Waals surface area contributed by atoms with Crippen LogP contribution in [-0.2, 0) is 0 Å². The van der Waals surface area contributed by atoms with Crippen molar-refractivity contribution in [3.05, 3.63) is 11.4 Å². The van der Waals surface area contributed by atoms with Gasteiger partial charge in [0.1, 0.15) is 5.69 Å². The third-order valence-corrected chi connectivity index (χ3v) is 1.51. The minimum Gasteiger partial charge on any atom is -0.296 e. The highest BCUT2D eigenvalue weighted by Gasteiger charge is 2.09. The summed E-state index contributed by atoms with van der Waals surface area (Å²) in [5, 5.41) is 7.61. The third-order valence-electron chi connectivity index (χ3n) is 1.51. The summed E-state index contributed by atoms with van der Waals surface area (Å²) in [6.07, 6.45) is 0.787. The molecule has 60 valence electrons. The van der Waals surface area contributed by atoms with E-state index in [0.29, 0.717) is 11.4 Å². The summed E-state index contributed by atoms with van der Waals surface area (Å²) in [5.74, 6) is 0. The summed E-state index contributed by atoms with van der Waals surface area (Å²) in [7, 11) is 0. The van der Waals surface area contributed by atoms with Crippen LogP contribution in [0.2, 0.25) is 0 Å². The second kappa shape index (κ2) is 2.82. The molecule has 4 heteroatoms. The molecule has 0 spiro atoms. The molecule has 0 aliphatic rings. The van der Waals surface area contributed by atoms with Crippen LogP contribution >= 0.6 is 0 Å². The molecule has 0 saturated carbocycles. The van der Waals surface area contributed by atoms with E-state index in [1.807, 2.05) is 13.8 Å². The summed E-state index contributed by atoms with van der Waals surface area (Å²) in [5.41, 5.74) is 1.26. The topological polar surface area (TPSA) is 47.8 Å². The Morgan fingerprint density at radius 2 is 2.18 bits per heavy atom. The minimum atomic E-state index is 0.191. The Hall–Kier alpha value is -1.19. The Bertz CT molecular complexity index is 265. The first kappa shape index (κ1) is 7.91. The van der Waals surface area contributed by atoms with E-state index in [-0.39, 0.29) is 6.04 Å². The lowest BCUT2D eigenvalue weighted by atomic mass is 10.3. The largest absolute Gasteiger partial charge is 0.296 e. The summed E-state index contributed by atoms with van der Waals surface area (Å²) < 4.78 is 1.61. The lowest BCUT2D eigenvalue weighted by molar-refractivity contribution is 0.111. The zero-order chi connectivity index (χ0) is 8.43. The van der Waals surface area contributed by atoms with Crippen molar-refractivity contribution in [2.45, 2.75) is 26.8 Å². The molecule has 0 aliphatic carbocycles. The fourth-order valence-corrected chi connectivity index (χ4v) is 0.901. The number of hydrogen-bond acceptors (Lipinski definition) is 3. The smallest absolute Gasteiger partial charge is 0.170 e. The molecule has 1 heterocycles. The standard InChI is InChI=1S/C7H11N3O/c1-5(2)10-7(4-11)6(3)8-9-10/h4-5H,1-3H3. The lowest BCUT2D eigenvalue weighted by Crippen LogP contribution is -2.07. The molecule has 0 amide bonds. The van der Waals surface area contributed by atoms with Crippen LogP contribution in [0.25, 0.3) is 0 Å². The number of nitrogens with zero attached hydrogens (tertiary/aromatic N) is 3. The van der Waals surface area contributed by atoms with E-state index in [1.54, 1.807) is 11.6 Å². The monoisotopic (exact) mass is 153 g/mol. The third kappa shape index (κ3) is 1.29. The van der Waals surface area contributed by atoms with Crippen molar-refractivity contribution in [1.29, 1.82) is 0 Å². The summed E-state index contributed by atoms with van der Waals surface area (Å²) >= 11 is 0. The molecule has 0 aliphatic heterocycles. The molecule has 0 saturated heterocycles. The number of aldehydes is 1. The number of aromatic nitrogens is 3. The number of carbonyl (C=O) groups is 1. The van der Waals surface area contributed by atoms with Crippen LogP contribution < -0.4 is 0 Å². The SMILES string of the molecule is Cc1nnn(C(C)C)c1C=O. The van der Waals surface area contributed by atoms with Crippen molar-refractivity contribution < 1.29 is 4.79 Å². The predicted molar refractivity (Wildman–Crippen MR) is 40.5 cm³/mol. The van der Waals surface area contributed by atoms with Crippen molar-refractivity contribution in [2.24, 2.45) is 0 Å². The fraction of sp³-hybridized carbons (Fsp3) is 0.571. The number of hydrogen-bond donors (Lipinski definition) is 0. The van der Waals surface area contributed by atoms with E-state index in [0.717, 1.165) is 6.29 Å². The Labute approximate surface area is 65.2 Å². The van der Waals surface area contributed by atoms with Crippen LogP contribution in [0.5, 0.6) is 0 Å². The van der Waals surface area contributed by atoms with Gasteiger partial charge in [-0.3, -0.25) is 4.79 Å². The Morgan fingerprint density at radius 1 is 1.55 bits per heavy atom. The van der Waals surface area contributed by atoms with Crippen molar-refractivity contribution in [1.82, 2.24) is 15.0 Å². The highest BCUT2D eigenvalue weighted by Crippen LogP contribution is 2.07. The van der Waals surface area contributed by atoms with Crippen molar-refractivity contribution in [3.8, 4) is 0 Å². The lowest BCUT2D eigenvalue weighted by Gasteiger charge is -2.04. The first-order chi connectivity index (χ1) is 5.16. The highest BCUT2D eigenvalue weighted by atomic mass is 16.1. The average Bonchev–Trinajstić information content (AvgIpc) is 2.30. The zero-order valence-electron chi connectivity index (χ0n) is 6.90. The van der Waals surface area contributed by atoms with Crippen LogP contribution in [0, 0.1) is 6.92 Å². The molecule has 1 aromatic rings. The maximum Gasteiger partial charge on any atom is 0.170 e. The van der Waals surface area contributed by atoms with Gasteiger partial charge in [-0.1, -0.05) is 5.21 Å². The van der Waals surface area contributed by atoms with Crippen LogP contribution in [0.1, 0.15) is 36.1 Å². The second-order valence-corrected chi connectivity index (χ2v) is 2.72. The molecular weight excluding hydrogens is 142 g/mol. The summed E-state index contributed by atoms with van der Waals surface area (Å²) in [6, 6.07) is 0.191. The molecule has 0 atom stereocenters. The van der Waals surface area contributed by atoms with E-state index in [9.17, 15) is 4.79 Å². The first-order valence-electron chi connectivity index (χ1n) is 3.53. The van der Waals surface area contributed by atoms with Gasteiger partial charge < -0.3 is 0 Å². The molecule has 0 N–H and O–H groups in total. The molecule has 0 radical (unpaired) electrons. The van der Waals surface area contributed by atoms with Crippen LogP contribution in [0.3, 0.4) is 0 Å². The number of rotatable bonds is 2. The van der Waals surface area contributed by atoms with Gasteiger partial charge in [-0.2, -0.15) is 0 Å². The van der Waals surface area contributed by atoms with Crippen molar-refractivity contribution >= 4 is 6.29 Å². The van der Waals surface area contributed by atoms with Gasteiger partial charge in [0.2, 0.25) is 0 Å². The number of aryl methyl sites for hydroxylation is 1. The normalized spacial score (nSPS) is 10.5. The van der Waals surface area contributed by atoms with Gasteiger partial charge in [0.25, 0.3) is 0 Å². The molecule has 0 unspecified atom stereocenters. The maximum atomic E-state index is 10.5. The molecule has 4 nitrogen and oxygen atoms in total. The molecule has 0 bridgehead atoms. The minimum absolute atomic E-state index is 0.191. The summed E-state index contributed by atoms with van der Waals surface area (Å²) in [6.45, 7) is 5.69. The van der Waals surface area contributed by atoms with Gasteiger partial charge >= 0.3 is 0 Å². The maximum absolute atomic E-state index is 10.5. The van der Waals surface area contributed by atoms with Crippen LogP contribution in [0.4, 0.5) is 0 Å². The van der Waals surface area contributed by atoms with Crippen molar-refractivity contribution in [2.75, 3.05) is 0 Å². The zero-order valence-corrected chi connectivity index (χ0v) is 6.90. The van der Waals surface area contributed by atoms with Crippen molar-refractivity contribution in [3.63, 3.8) is 0 Å². The van der Waals surface area contributed by atoms with Gasteiger partial charge in [0.15, 0.2) is 6.29 Å². The fourth-order valence-electron chi connectivity index (χ4n) is 0.901. The average molecular weight is 153 g/mol. The van der Waals surface area contributed by atoms with E-state index >= 15 is 0 Å². The van der Waals surface area contributed by atoms with E-state index in [2.05, 4.69) is 10.3 Å². The Morgan fingerprint density at radius 3 is 2.55 bits per heavy atom. The van der Waals surface area contributed by atoms with Crippen LogP contribution in [-0.4, -0.2) is 21.3 Å². The van der Waals surface area contributed by atoms with Gasteiger partial charge in [-0.05, 0) is 20.8 Å². The molecule has 11 heavy (non-hydrogen) atoms. The first-order valence-corrected chi connectivity index (χ1v) is 3.53. The molecule has 0 fully saturated rings. The molecule has 1 aromatic heterocycles. The molecule has 0 aromatic carbocycles. The second-order valence-electron chi connectivity index (χ2n) is 2.72. The number of carbonyl (C=O) groups excluding carboxylic acids is 1. The van der Waals surface area contributed by atoms with E-state index in [1.165, 1.54) is 0 Å². The summed E-state index contributed by atoms with van der Waals surface area (Å²) in [4.78, 5) is 10.5. The van der Waals surface area contributed by atoms with Gasteiger partial charge in [0.05, 0.1) is 5.69 Å². The van der Waals surface area contributed by atoms with E-state index < -0.39 is 0 Å². The molecular formula is C7H11N3O. The molecule has 1 rings (SSSR count). The van der Waals surface area contributed by atoms with Gasteiger partial charge in [-0.25, -0.2) is 4.68 Å². The van der Waals surface area contributed by atoms with Gasteiger partial charge in [0, 0.05) is 6.04 Å². The quantitative estimate of drug-likeness (QED) is 0.595. The Balaban J connectivity index is 3.15. The van der Waals surface area contributed by atoms with Crippen LogP contribution in [0.15, 0.2) is 0 Å². The predicted octanol–water partition coefficient (Wildman–Crippen LogP) is 0.980.